The van der Waals surface area contributed by atoms with Crippen molar-refractivity contribution in [3.63, 3.8) is 0 Å². The van der Waals surface area contributed by atoms with Gasteiger partial charge < -0.3 is 15.4 Å². The van der Waals surface area contributed by atoms with E-state index in [9.17, 15) is 9.59 Å². The minimum Gasteiger partial charge on any atom is -0.408 e. The van der Waals surface area contributed by atoms with Crippen molar-refractivity contribution in [2.75, 3.05) is 5.32 Å². The van der Waals surface area contributed by atoms with Gasteiger partial charge in [-0.15, -0.1) is 0 Å². The largest absolute Gasteiger partial charge is 0.413 e. The van der Waals surface area contributed by atoms with Gasteiger partial charge in [-0.3, -0.25) is 4.79 Å². The maximum atomic E-state index is 11.8. The van der Waals surface area contributed by atoms with Crippen LogP contribution in [0.1, 0.15) is 43.9 Å². The number of hydrogen-bond acceptors (Lipinski definition) is 4. The van der Waals surface area contributed by atoms with Gasteiger partial charge in [0.1, 0.15) is 11.5 Å². The Bertz CT molecular complexity index is 579. The third kappa shape index (κ3) is 2.45. The molecule has 0 spiro atoms. The lowest BCUT2D eigenvalue weighted by Gasteiger charge is -2.22. The van der Waals surface area contributed by atoms with E-state index in [0.717, 1.165) is 18.4 Å². The molecule has 106 valence electrons. The zero-order chi connectivity index (χ0) is 14.3. The lowest BCUT2D eigenvalue weighted by molar-refractivity contribution is -0.117. The number of anilines is 1. The summed E-state index contributed by atoms with van der Waals surface area (Å²) in [5.74, 6) is 1.38. The SMILES string of the molecule is CC(C)c1cc(NC(=O)C2CC2)nc2c1OC(=O)NC2. The van der Waals surface area contributed by atoms with Gasteiger partial charge in [0, 0.05) is 11.5 Å². The van der Waals surface area contributed by atoms with Crippen molar-refractivity contribution >= 4 is 17.8 Å². The summed E-state index contributed by atoms with van der Waals surface area (Å²) in [5, 5.41) is 5.43. The van der Waals surface area contributed by atoms with E-state index in [-0.39, 0.29) is 17.7 Å². The predicted octanol–water partition coefficient (Wildman–Crippen LogP) is 2.16. The maximum absolute atomic E-state index is 11.8. The Balaban J connectivity index is 1.94. The Morgan fingerprint density at radius 3 is 2.90 bits per heavy atom. The number of carbonyl (C=O) groups is 2. The lowest BCUT2D eigenvalue weighted by atomic mass is 10.0. The second-order valence-electron chi connectivity index (χ2n) is 5.53. The predicted molar refractivity (Wildman–Crippen MR) is 72.5 cm³/mol. The van der Waals surface area contributed by atoms with Crippen molar-refractivity contribution < 1.29 is 14.3 Å². The molecule has 1 saturated carbocycles. The minimum atomic E-state index is -0.462. The fraction of sp³-hybridized carbons (Fsp3) is 0.500. The van der Waals surface area contributed by atoms with Crippen molar-refractivity contribution in [3.8, 4) is 5.75 Å². The average Bonchev–Trinajstić information content (AvgIpc) is 3.22. The molecule has 2 heterocycles. The zero-order valence-corrected chi connectivity index (χ0v) is 11.5. The number of nitrogens with one attached hydrogen (secondary N) is 2. The van der Waals surface area contributed by atoms with Crippen LogP contribution in [0.5, 0.6) is 5.75 Å². The van der Waals surface area contributed by atoms with Gasteiger partial charge in [0.25, 0.3) is 0 Å². The second kappa shape index (κ2) is 4.77. The van der Waals surface area contributed by atoms with Gasteiger partial charge in [-0.2, -0.15) is 0 Å². The Labute approximate surface area is 116 Å². The summed E-state index contributed by atoms with van der Waals surface area (Å²) in [7, 11) is 0. The summed E-state index contributed by atoms with van der Waals surface area (Å²) in [5.41, 5.74) is 1.54. The van der Waals surface area contributed by atoms with Crippen molar-refractivity contribution in [3.05, 3.63) is 17.3 Å². The summed E-state index contributed by atoms with van der Waals surface area (Å²) < 4.78 is 5.22. The number of rotatable bonds is 3. The number of pyridine rings is 1. The van der Waals surface area contributed by atoms with E-state index in [2.05, 4.69) is 15.6 Å². The van der Waals surface area contributed by atoms with Gasteiger partial charge in [0.2, 0.25) is 5.91 Å². The van der Waals surface area contributed by atoms with Gasteiger partial charge in [-0.1, -0.05) is 13.8 Å². The molecule has 6 heteroatoms. The summed E-state index contributed by atoms with van der Waals surface area (Å²) in [6.07, 6.45) is 1.44. The third-order valence-electron chi connectivity index (χ3n) is 3.49. The monoisotopic (exact) mass is 275 g/mol. The molecule has 0 saturated heterocycles. The first kappa shape index (κ1) is 12.9. The van der Waals surface area contributed by atoms with E-state index in [1.807, 2.05) is 13.8 Å². The van der Waals surface area contributed by atoms with Gasteiger partial charge >= 0.3 is 6.09 Å². The summed E-state index contributed by atoms with van der Waals surface area (Å²) in [4.78, 5) is 27.5. The van der Waals surface area contributed by atoms with Crippen molar-refractivity contribution in [2.45, 2.75) is 39.2 Å². The zero-order valence-electron chi connectivity index (χ0n) is 11.5. The average molecular weight is 275 g/mol. The van der Waals surface area contributed by atoms with E-state index in [1.165, 1.54) is 0 Å². The second-order valence-corrected chi connectivity index (χ2v) is 5.53. The molecule has 3 rings (SSSR count). The third-order valence-corrected chi connectivity index (χ3v) is 3.49. The molecule has 1 aromatic heterocycles. The molecular weight excluding hydrogens is 258 g/mol. The van der Waals surface area contributed by atoms with Crippen molar-refractivity contribution in [1.82, 2.24) is 10.3 Å². The molecule has 1 aromatic rings. The first-order valence-electron chi connectivity index (χ1n) is 6.85. The fourth-order valence-corrected chi connectivity index (χ4v) is 2.20. The van der Waals surface area contributed by atoms with E-state index < -0.39 is 6.09 Å². The molecular formula is C14H17N3O3. The molecule has 2 aliphatic rings. The highest BCUT2D eigenvalue weighted by Gasteiger charge is 2.30. The van der Waals surface area contributed by atoms with Crippen molar-refractivity contribution in [2.24, 2.45) is 5.92 Å². The molecule has 2 N–H and O–H groups in total. The molecule has 0 aromatic carbocycles. The number of hydrogen-bond donors (Lipinski definition) is 2. The highest BCUT2D eigenvalue weighted by atomic mass is 16.6. The van der Waals surface area contributed by atoms with Gasteiger partial charge in [0.15, 0.2) is 5.75 Å². The summed E-state index contributed by atoms with van der Waals surface area (Å²) >= 11 is 0. The number of amides is 2. The minimum absolute atomic E-state index is 0.0212. The molecule has 1 aliphatic carbocycles. The van der Waals surface area contributed by atoms with E-state index in [1.54, 1.807) is 6.07 Å². The number of aromatic nitrogens is 1. The van der Waals surface area contributed by atoms with Crippen LogP contribution < -0.4 is 15.4 Å². The molecule has 0 bridgehead atoms. The Morgan fingerprint density at radius 1 is 1.50 bits per heavy atom. The molecule has 0 atom stereocenters. The smallest absolute Gasteiger partial charge is 0.408 e. The highest BCUT2D eigenvalue weighted by molar-refractivity contribution is 5.93. The van der Waals surface area contributed by atoms with Gasteiger partial charge in [0.05, 0.1) is 6.54 Å². The molecule has 20 heavy (non-hydrogen) atoms. The van der Waals surface area contributed by atoms with Gasteiger partial charge in [-0.05, 0) is 24.8 Å². The Hall–Kier alpha value is -2.11. The number of ether oxygens (including phenoxy) is 1. The molecule has 0 unspecified atom stereocenters. The van der Waals surface area contributed by atoms with Crippen LogP contribution >= 0.6 is 0 Å². The van der Waals surface area contributed by atoms with E-state index >= 15 is 0 Å². The maximum Gasteiger partial charge on any atom is 0.413 e. The highest BCUT2D eigenvalue weighted by Crippen LogP contribution is 2.34. The number of carbonyl (C=O) groups excluding carboxylic acids is 2. The van der Waals surface area contributed by atoms with Crippen LogP contribution in [0.25, 0.3) is 0 Å². The Morgan fingerprint density at radius 2 is 2.25 bits per heavy atom. The lowest BCUT2D eigenvalue weighted by Crippen LogP contribution is -2.33. The first-order chi connectivity index (χ1) is 9.54. The van der Waals surface area contributed by atoms with Gasteiger partial charge in [-0.25, -0.2) is 9.78 Å². The first-order valence-corrected chi connectivity index (χ1v) is 6.85. The molecule has 0 radical (unpaired) electrons. The summed E-state index contributed by atoms with van der Waals surface area (Å²) in [6, 6.07) is 1.79. The normalized spacial score (nSPS) is 17.2. The number of fused-ring (bicyclic) bond motifs is 1. The van der Waals surface area contributed by atoms with E-state index in [4.69, 9.17) is 4.74 Å². The molecule has 2 amide bonds. The molecule has 1 aliphatic heterocycles. The number of nitrogens with zero attached hydrogens (tertiary/aromatic N) is 1. The van der Waals surface area contributed by atoms with Crippen LogP contribution in [0, 0.1) is 5.92 Å². The van der Waals surface area contributed by atoms with Crippen LogP contribution in [0.4, 0.5) is 10.6 Å². The van der Waals surface area contributed by atoms with Crippen LogP contribution in [0.3, 0.4) is 0 Å². The fourth-order valence-electron chi connectivity index (χ4n) is 2.20. The quantitative estimate of drug-likeness (QED) is 0.885. The topological polar surface area (TPSA) is 80.3 Å². The molecule has 1 fully saturated rings. The van der Waals surface area contributed by atoms with Crippen LogP contribution in [0.15, 0.2) is 6.07 Å². The standard InChI is InChI=1S/C14H17N3O3/c1-7(2)9-5-11(17-13(18)8-3-4-8)16-10-6-15-14(19)20-12(9)10/h5,7-8H,3-4,6H2,1-2H3,(H,15,19)(H,16,17,18). The van der Waals surface area contributed by atoms with Crippen LogP contribution in [-0.4, -0.2) is 17.0 Å². The van der Waals surface area contributed by atoms with Crippen molar-refractivity contribution in [1.29, 1.82) is 0 Å². The van der Waals surface area contributed by atoms with Crippen LogP contribution in [-0.2, 0) is 11.3 Å². The Kier molecular flexibility index (Phi) is 3.08. The summed E-state index contributed by atoms with van der Waals surface area (Å²) in [6.45, 7) is 4.34. The van der Waals surface area contributed by atoms with Crippen LogP contribution in [0.2, 0.25) is 0 Å². The van der Waals surface area contributed by atoms with E-state index in [0.29, 0.717) is 23.8 Å². The molecule has 6 nitrogen and oxygen atoms in total.